The van der Waals surface area contributed by atoms with E-state index in [1.807, 2.05) is 0 Å². The van der Waals surface area contributed by atoms with Crippen molar-refractivity contribution in [2.45, 2.75) is 32.4 Å². The van der Waals surface area contributed by atoms with Crippen LogP contribution in [0.2, 0.25) is 0 Å². The van der Waals surface area contributed by atoms with Gasteiger partial charge in [-0.15, -0.1) is 0 Å². The Kier molecular flexibility index (Phi) is 7.32. The molecule has 1 fully saturated rings. The maximum atomic E-state index is 14.1. The first-order valence-corrected chi connectivity index (χ1v) is 9.73. The smallest absolute Gasteiger partial charge is 0.251 e. The minimum Gasteiger partial charge on any atom is -0.394 e. The number of benzene rings is 2. The molecule has 1 aliphatic heterocycles. The summed E-state index contributed by atoms with van der Waals surface area (Å²) in [6.07, 6.45) is 2.47. The van der Waals surface area contributed by atoms with Gasteiger partial charge >= 0.3 is 0 Å². The van der Waals surface area contributed by atoms with Crippen molar-refractivity contribution in [2.75, 3.05) is 24.7 Å². The fourth-order valence-corrected chi connectivity index (χ4v) is 3.22. The van der Waals surface area contributed by atoms with Crippen LogP contribution in [-0.4, -0.2) is 36.7 Å². The Morgan fingerprint density at radius 1 is 1.17 bits per heavy atom. The molecule has 6 nitrogen and oxygen atoms in total. The number of hydrogen-bond acceptors (Lipinski definition) is 4. The van der Waals surface area contributed by atoms with Gasteiger partial charge in [0, 0.05) is 36.3 Å². The van der Waals surface area contributed by atoms with Gasteiger partial charge in [0.2, 0.25) is 5.91 Å². The standard InChI is InChI=1S/C22H25FN2O4/c23-20-13-16(4-5-18(20)15-29-12-11-26)14-24-22(28)17-6-8-19(9-7-17)25-10-2-1-3-21(25)27/h4-9,13,26H,1-3,10-12,14-15H2,(H,24,28). The number of nitrogens with one attached hydrogen (secondary N) is 1. The molecular formula is C22H25FN2O4. The summed E-state index contributed by atoms with van der Waals surface area (Å²) < 4.78 is 19.2. The van der Waals surface area contributed by atoms with Crippen LogP contribution in [-0.2, 0) is 22.7 Å². The monoisotopic (exact) mass is 400 g/mol. The van der Waals surface area contributed by atoms with E-state index in [4.69, 9.17) is 9.84 Å². The van der Waals surface area contributed by atoms with Crippen LogP contribution in [0.5, 0.6) is 0 Å². The number of carbonyl (C=O) groups is 2. The molecule has 2 aromatic rings. The molecule has 0 saturated carbocycles. The van der Waals surface area contributed by atoms with Gasteiger partial charge in [-0.2, -0.15) is 0 Å². The van der Waals surface area contributed by atoms with E-state index >= 15 is 0 Å². The van der Waals surface area contributed by atoms with E-state index in [2.05, 4.69) is 5.32 Å². The maximum absolute atomic E-state index is 14.1. The lowest BCUT2D eigenvalue weighted by Crippen LogP contribution is -2.35. The molecule has 0 unspecified atom stereocenters. The molecule has 0 aromatic heterocycles. The number of rotatable bonds is 8. The molecular weight excluding hydrogens is 375 g/mol. The van der Waals surface area contributed by atoms with E-state index in [9.17, 15) is 14.0 Å². The molecule has 2 aromatic carbocycles. The fraction of sp³-hybridized carbons (Fsp3) is 0.364. The van der Waals surface area contributed by atoms with Crippen LogP contribution in [0.3, 0.4) is 0 Å². The largest absolute Gasteiger partial charge is 0.394 e. The van der Waals surface area contributed by atoms with Crippen LogP contribution in [0.1, 0.15) is 40.7 Å². The van der Waals surface area contributed by atoms with Crippen LogP contribution in [0.25, 0.3) is 0 Å². The lowest BCUT2D eigenvalue weighted by molar-refractivity contribution is -0.119. The summed E-state index contributed by atoms with van der Waals surface area (Å²) in [6.45, 7) is 1.03. The van der Waals surface area contributed by atoms with E-state index in [0.29, 0.717) is 29.7 Å². The van der Waals surface area contributed by atoms with Gasteiger partial charge in [0.25, 0.3) is 5.91 Å². The third-order valence-electron chi connectivity index (χ3n) is 4.83. The minimum absolute atomic E-state index is 0.0882. The van der Waals surface area contributed by atoms with Crippen molar-refractivity contribution in [1.82, 2.24) is 5.32 Å². The van der Waals surface area contributed by atoms with Gasteiger partial charge < -0.3 is 20.1 Å². The van der Waals surface area contributed by atoms with Crippen molar-refractivity contribution in [3.63, 3.8) is 0 Å². The van der Waals surface area contributed by atoms with Crippen LogP contribution in [0.15, 0.2) is 42.5 Å². The second kappa shape index (κ2) is 10.1. The summed E-state index contributed by atoms with van der Waals surface area (Å²) in [4.78, 5) is 26.1. The van der Waals surface area contributed by atoms with Crippen molar-refractivity contribution >= 4 is 17.5 Å². The van der Waals surface area contributed by atoms with Gasteiger partial charge in [0.05, 0.1) is 19.8 Å². The molecule has 0 radical (unpaired) electrons. The van der Waals surface area contributed by atoms with Crippen LogP contribution >= 0.6 is 0 Å². The third-order valence-corrected chi connectivity index (χ3v) is 4.83. The van der Waals surface area contributed by atoms with Gasteiger partial charge in [0.1, 0.15) is 5.82 Å². The lowest BCUT2D eigenvalue weighted by Gasteiger charge is -2.26. The van der Waals surface area contributed by atoms with Crippen molar-refractivity contribution in [2.24, 2.45) is 0 Å². The molecule has 0 spiro atoms. The first kappa shape index (κ1) is 21.0. The lowest BCUT2D eigenvalue weighted by atomic mass is 10.1. The molecule has 2 amide bonds. The number of ether oxygens (including phenoxy) is 1. The highest BCUT2D eigenvalue weighted by Crippen LogP contribution is 2.21. The average molecular weight is 400 g/mol. The van der Waals surface area contributed by atoms with Crippen LogP contribution in [0.4, 0.5) is 10.1 Å². The van der Waals surface area contributed by atoms with E-state index in [-0.39, 0.29) is 38.2 Å². The average Bonchev–Trinajstić information content (AvgIpc) is 2.74. The normalized spacial score (nSPS) is 14.1. The number of aliphatic hydroxyl groups is 1. The minimum atomic E-state index is -0.412. The molecule has 2 N–H and O–H groups in total. The quantitative estimate of drug-likeness (QED) is 0.668. The number of nitrogens with zero attached hydrogens (tertiary/aromatic N) is 1. The van der Waals surface area contributed by atoms with E-state index < -0.39 is 5.82 Å². The second-order valence-electron chi connectivity index (χ2n) is 6.93. The molecule has 3 rings (SSSR count). The number of aliphatic hydroxyl groups excluding tert-OH is 1. The summed E-state index contributed by atoms with van der Waals surface area (Å²) in [5, 5.41) is 11.5. The number of amides is 2. The van der Waals surface area contributed by atoms with Crippen molar-refractivity contribution in [3.05, 3.63) is 65.0 Å². The zero-order valence-electron chi connectivity index (χ0n) is 16.2. The van der Waals surface area contributed by atoms with Gasteiger partial charge in [-0.1, -0.05) is 12.1 Å². The molecule has 29 heavy (non-hydrogen) atoms. The zero-order valence-corrected chi connectivity index (χ0v) is 16.2. The predicted molar refractivity (Wildman–Crippen MR) is 107 cm³/mol. The summed E-state index contributed by atoms with van der Waals surface area (Å²) >= 11 is 0. The highest BCUT2D eigenvalue weighted by Gasteiger charge is 2.19. The zero-order chi connectivity index (χ0) is 20.6. The van der Waals surface area contributed by atoms with Crippen LogP contribution in [0, 0.1) is 5.82 Å². The second-order valence-corrected chi connectivity index (χ2v) is 6.93. The summed E-state index contributed by atoms with van der Waals surface area (Å²) in [5.74, 6) is -0.566. The van der Waals surface area contributed by atoms with Gasteiger partial charge in [-0.25, -0.2) is 4.39 Å². The van der Waals surface area contributed by atoms with Gasteiger partial charge in [-0.3, -0.25) is 9.59 Å². The Labute approximate surface area is 169 Å². The summed E-state index contributed by atoms with van der Waals surface area (Å²) in [5.41, 5.74) is 2.31. The number of anilines is 1. The Morgan fingerprint density at radius 3 is 2.66 bits per heavy atom. The topological polar surface area (TPSA) is 78.9 Å². The predicted octanol–water partition coefficient (Wildman–Crippen LogP) is 2.78. The molecule has 7 heteroatoms. The Hall–Kier alpha value is -2.77. The molecule has 154 valence electrons. The number of halogens is 1. The van der Waals surface area contributed by atoms with Crippen molar-refractivity contribution < 1.29 is 23.8 Å². The van der Waals surface area contributed by atoms with E-state index in [1.54, 1.807) is 41.3 Å². The fourth-order valence-electron chi connectivity index (χ4n) is 3.22. The third kappa shape index (κ3) is 5.62. The van der Waals surface area contributed by atoms with Crippen molar-refractivity contribution in [3.8, 4) is 0 Å². The summed E-state index contributed by atoms with van der Waals surface area (Å²) in [6, 6.07) is 11.6. The molecule has 1 aliphatic rings. The SMILES string of the molecule is O=C(NCc1ccc(COCCO)c(F)c1)c1ccc(N2CCCCC2=O)cc1. The van der Waals surface area contributed by atoms with Gasteiger partial charge in [0.15, 0.2) is 0 Å². The first-order chi connectivity index (χ1) is 14.1. The Bertz CT molecular complexity index is 854. The summed E-state index contributed by atoms with van der Waals surface area (Å²) in [7, 11) is 0. The number of piperidine rings is 1. The number of hydrogen-bond donors (Lipinski definition) is 2. The maximum Gasteiger partial charge on any atom is 0.251 e. The highest BCUT2D eigenvalue weighted by atomic mass is 19.1. The molecule has 1 saturated heterocycles. The van der Waals surface area contributed by atoms with Gasteiger partial charge in [-0.05, 0) is 48.7 Å². The molecule has 1 heterocycles. The van der Waals surface area contributed by atoms with Crippen molar-refractivity contribution in [1.29, 1.82) is 0 Å². The van der Waals surface area contributed by atoms with E-state index in [0.717, 1.165) is 18.5 Å². The Morgan fingerprint density at radius 2 is 1.97 bits per heavy atom. The molecule has 0 bridgehead atoms. The van der Waals surface area contributed by atoms with Crippen LogP contribution < -0.4 is 10.2 Å². The Balaban J connectivity index is 1.55. The molecule has 0 atom stereocenters. The van der Waals surface area contributed by atoms with E-state index in [1.165, 1.54) is 6.07 Å². The number of carbonyl (C=O) groups excluding carboxylic acids is 2. The first-order valence-electron chi connectivity index (χ1n) is 9.73. The molecule has 0 aliphatic carbocycles. The highest BCUT2D eigenvalue weighted by molar-refractivity contribution is 5.96.